The minimum atomic E-state index is -0.154. The molecule has 0 saturated heterocycles. The van der Waals surface area contributed by atoms with E-state index >= 15 is 0 Å². The standard InChI is InChI=1S/C32H14F2N2S4/c33-31-11-21-3-17-5-25-19(1-15(17)7-27(21)39-31)9-29(37-25)23-13-36-24(14-35-23)30-10-20-2-16-8-28-22(12-32(34)40-28)4-18(16)6-26(20)38-30/h1-14H. The third-order valence-corrected chi connectivity index (χ3v) is 11.3. The van der Waals surface area contributed by atoms with Crippen molar-refractivity contribution in [1.29, 1.82) is 0 Å². The third kappa shape index (κ3) is 3.60. The molecule has 0 aliphatic heterocycles. The van der Waals surface area contributed by atoms with Gasteiger partial charge in [0.1, 0.15) is 0 Å². The molecule has 5 aromatic heterocycles. The van der Waals surface area contributed by atoms with Gasteiger partial charge in [0.2, 0.25) is 0 Å². The van der Waals surface area contributed by atoms with E-state index in [2.05, 4.69) is 60.7 Å². The summed E-state index contributed by atoms with van der Waals surface area (Å²) >= 11 is 5.75. The number of thiophene rings is 4. The van der Waals surface area contributed by atoms with Crippen LogP contribution in [-0.2, 0) is 0 Å². The fourth-order valence-corrected chi connectivity index (χ4v) is 9.16. The molecule has 0 N–H and O–H groups in total. The van der Waals surface area contributed by atoms with Crippen molar-refractivity contribution in [2.75, 3.05) is 0 Å². The van der Waals surface area contributed by atoms with E-state index < -0.39 is 0 Å². The van der Waals surface area contributed by atoms with E-state index in [1.54, 1.807) is 34.8 Å². The van der Waals surface area contributed by atoms with Gasteiger partial charge in [-0.2, -0.15) is 8.78 Å². The third-order valence-electron chi connectivity index (χ3n) is 7.32. The lowest BCUT2D eigenvalue weighted by molar-refractivity contribution is 0.658. The average molecular weight is 593 g/mol. The molecule has 8 heteroatoms. The quantitative estimate of drug-likeness (QED) is 0.200. The van der Waals surface area contributed by atoms with Gasteiger partial charge in [-0.05, 0) is 116 Å². The van der Waals surface area contributed by atoms with Crippen LogP contribution < -0.4 is 0 Å². The predicted molar refractivity (Wildman–Crippen MR) is 169 cm³/mol. The average Bonchev–Trinajstić information content (AvgIpc) is 3.71. The molecule has 2 nitrogen and oxygen atoms in total. The minimum absolute atomic E-state index is 0.154. The van der Waals surface area contributed by atoms with Gasteiger partial charge in [-0.15, -0.1) is 45.3 Å². The first kappa shape index (κ1) is 22.9. The number of hydrogen-bond donors (Lipinski definition) is 0. The molecule has 0 atom stereocenters. The van der Waals surface area contributed by atoms with Crippen LogP contribution in [0.4, 0.5) is 8.78 Å². The Morgan fingerprint density at radius 1 is 0.375 bits per heavy atom. The van der Waals surface area contributed by atoms with Crippen LogP contribution in [0.3, 0.4) is 0 Å². The van der Waals surface area contributed by atoms with Gasteiger partial charge >= 0.3 is 0 Å². The van der Waals surface area contributed by atoms with E-state index in [1.807, 2.05) is 12.4 Å². The normalized spacial score (nSPS) is 12.2. The highest BCUT2D eigenvalue weighted by molar-refractivity contribution is 7.22. The first-order valence-corrected chi connectivity index (χ1v) is 15.7. The number of fused-ring (bicyclic) bond motifs is 6. The second-order valence-corrected chi connectivity index (χ2v) is 14.1. The molecule has 0 saturated carbocycles. The molecule has 9 rings (SSSR count). The number of hydrogen-bond acceptors (Lipinski definition) is 6. The Labute approximate surface area is 241 Å². The van der Waals surface area contributed by atoms with Crippen molar-refractivity contribution in [2.24, 2.45) is 0 Å². The van der Waals surface area contributed by atoms with Gasteiger partial charge in [0.05, 0.1) is 33.5 Å². The fourth-order valence-electron chi connectivity index (χ4n) is 5.42. The Morgan fingerprint density at radius 2 is 0.725 bits per heavy atom. The van der Waals surface area contributed by atoms with E-state index in [9.17, 15) is 8.78 Å². The smallest absolute Gasteiger partial charge is 0.177 e. The summed E-state index contributed by atoms with van der Waals surface area (Å²) in [6, 6.07) is 24.5. The van der Waals surface area contributed by atoms with Crippen LogP contribution in [0.15, 0.2) is 85.2 Å². The van der Waals surface area contributed by atoms with Crippen LogP contribution in [0.1, 0.15) is 0 Å². The van der Waals surface area contributed by atoms with Crippen LogP contribution >= 0.6 is 45.3 Å². The highest BCUT2D eigenvalue weighted by Crippen LogP contribution is 2.39. The lowest BCUT2D eigenvalue weighted by Gasteiger charge is -1.99. The lowest BCUT2D eigenvalue weighted by Crippen LogP contribution is -1.85. The minimum Gasteiger partial charge on any atom is -0.251 e. The van der Waals surface area contributed by atoms with Crippen LogP contribution in [0, 0.1) is 10.3 Å². The lowest BCUT2D eigenvalue weighted by atomic mass is 10.1. The van der Waals surface area contributed by atoms with Gasteiger partial charge in [0.15, 0.2) is 10.3 Å². The van der Waals surface area contributed by atoms with Gasteiger partial charge in [0.25, 0.3) is 0 Å². The van der Waals surface area contributed by atoms with E-state index in [1.165, 1.54) is 32.1 Å². The number of halogens is 2. The maximum atomic E-state index is 13.7. The van der Waals surface area contributed by atoms with Crippen molar-refractivity contribution in [1.82, 2.24) is 9.97 Å². The Hall–Kier alpha value is -3.82. The van der Waals surface area contributed by atoms with Crippen molar-refractivity contribution in [3.63, 3.8) is 0 Å². The van der Waals surface area contributed by atoms with Gasteiger partial charge in [0, 0.05) is 18.8 Å². The number of rotatable bonds is 2. The zero-order valence-electron chi connectivity index (χ0n) is 20.4. The van der Waals surface area contributed by atoms with Gasteiger partial charge in [-0.25, -0.2) is 0 Å². The molecule has 0 radical (unpaired) electrons. The maximum absolute atomic E-state index is 13.7. The summed E-state index contributed by atoms with van der Waals surface area (Å²) in [5, 5.41) is 8.30. The van der Waals surface area contributed by atoms with E-state index in [0.29, 0.717) is 0 Å². The SMILES string of the molecule is Fc1cc2cc3cc4sc(-c5cnc(-c6cc7cc8cc9sc(F)cc9cc8cc7s6)cn5)cc4cc3cc2s1. The second kappa shape index (κ2) is 8.34. The van der Waals surface area contributed by atoms with E-state index in [-0.39, 0.29) is 10.3 Å². The summed E-state index contributed by atoms with van der Waals surface area (Å²) < 4.78 is 31.7. The number of nitrogens with zero attached hydrogens (tertiary/aromatic N) is 2. The van der Waals surface area contributed by atoms with Crippen molar-refractivity contribution < 1.29 is 8.78 Å². The summed E-state index contributed by atoms with van der Waals surface area (Å²) in [7, 11) is 0. The zero-order chi connectivity index (χ0) is 26.5. The summed E-state index contributed by atoms with van der Waals surface area (Å²) in [6.07, 6.45) is 3.70. The molecule has 190 valence electrons. The topological polar surface area (TPSA) is 25.8 Å². The molecule has 0 aliphatic rings. The molecule has 40 heavy (non-hydrogen) atoms. The molecule has 0 amide bonds. The van der Waals surface area contributed by atoms with Crippen LogP contribution in [0.2, 0.25) is 0 Å². The second-order valence-electron chi connectivity index (χ2n) is 9.86. The molecule has 5 heterocycles. The molecular weight excluding hydrogens is 579 g/mol. The van der Waals surface area contributed by atoms with Crippen LogP contribution in [0.25, 0.3) is 83.0 Å². The van der Waals surface area contributed by atoms with Gasteiger partial charge < -0.3 is 0 Å². The Morgan fingerprint density at radius 3 is 1.10 bits per heavy atom. The Bertz CT molecular complexity index is 2150. The van der Waals surface area contributed by atoms with Crippen molar-refractivity contribution in [3.8, 4) is 21.1 Å². The molecule has 9 aromatic rings. The van der Waals surface area contributed by atoms with E-state index in [0.717, 1.165) is 73.6 Å². The predicted octanol–water partition coefficient (Wildman–Crippen LogP) is 11.3. The number of benzene rings is 4. The van der Waals surface area contributed by atoms with Crippen molar-refractivity contribution in [3.05, 3.63) is 95.5 Å². The molecule has 4 aromatic carbocycles. The first-order chi connectivity index (χ1) is 19.5. The first-order valence-electron chi connectivity index (χ1n) is 12.5. The molecule has 0 aliphatic carbocycles. The summed E-state index contributed by atoms with van der Waals surface area (Å²) in [6.45, 7) is 0. The van der Waals surface area contributed by atoms with Crippen LogP contribution in [0.5, 0.6) is 0 Å². The highest BCUT2D eigenvalue weighted by atomic mass is 32.1. The van der Waals surface area contributed by atoms with Crippen molar-refractivity contribution >= 4 is 107 Å². The number of aromatic nitrogens is 2. The molecule has 0 fully saturated rings. The highest BCUT2D eigenvalue weighted by Gasteiger charge is 2.13. The molecule has 0 bridgehead atoms. The Kier molecular flexibility index (Phi) is 4.79. The monoisotopic (exact) mass is 592 g/mol. The fraction of sp³-hybridized carbons (Fsp3) is 0. The molecule has 0 spiro atoms. The maximum Gasteiger partial charge on any atom is 0.177 e. The van der Waals surface area contributed by atoms with Gasteiger partial charge in [-0.3, -0.25) is 9.97 Å². The summed E-state index contributed by atoms with van der Waals surface area (Å²) in [5.74, 6) is 0. The Balaban J connectivity index is 1.07. The molecule has 0 unspecified atom stereocenters. The largest absolute Gasteiger partial charge is 0.251 e. The van der Waals surface area contributed by atoms with Gasteiger partial charge in [-0.1, -0.05) is 0 Å². The van der Waals surface area contributed by atoms with Crippen molar-refractivity contribution in [2.45, 2.75) is 0 Å². The summed E-state index contributed by atoms with van der Waals surface area (Å²) in [4.78, 5) is 11.7. The summed E-state index contributed by atoms with van der Waals surface area (Å²) in [5.41, 5.74) is 1.69. The zero-order valence-corrected chi connectivity index (χ0v) is 23.6. The van der Waals surface area contributed by atoms with Crippen LogP contribution in [-0.4, -0.2) is 9.97 Å². The van der Waals surface area contributed by atoms with E-state index in [4.69, 9.17) is 9.97 Å². The molecular formula is C32H14F2N2S4.